The van der Waals surface area contributed by atoms with Gasteiger partial charge in [-0.2, -0.15) is 0 Å². The monoisotopic (exact) mass is 384 g/mol. The summed E-state index contributed by atoms with van der Waals surface area (Å²) in [7, 11) is 0. The standard InChI is InChI=1S/C23H32N2O3/c26-23(25-12-3-6-17-5-1-2-7-20(17)25)16-24-11-4-8-19(24)18-9-10-21-22(15-18)28-14-13-27-21/h9-10,15,17,19-20H,1-8,11-14,16H2/t17-,19+,20+/m0/s1. The third kappa shape index (κ3) is 3.49. The maximum absolute atomic E-state index is 13.3. The van der Waals surface area contributed by atoms with E-state index >= 15 is 0 Å². The highest BCUT2D eigenvalue weighted by Gasteiger charge is 2.37. The minimum Gasteiger partial charge on any atom is -0.486 e. The van der Waals surface area contributed by atoms with E-state index in [1.807, 2.05) is 6.07 Å². The molecule has 1 amide bonds. The molecule has 0 radical (unpaired) electrons. The molecule has 1 aliphatic carbocycles. The number of hydrogen-bond donors (Lipinski definition) is 0. The molecule has 1 aromatic rings. The van der Waals surface area contributed by atoms with Gasteiger partial charge in [-0.3, -0.25) is 9.69 Å². The van der Waals surface area contributed by atoms with Crippen LogP contribution in [0.1, 0.15) is 63.0 Å². The third-order valence-electron chi connectivity index (χ3n) is 7.22. The van der Waals surface area contributed by atoms with Crippen LogP contribution in [-0.2, 0) is 4.79 Å². The Hall–Kier alpha value is -1.75. The lowest BCUT2D eigenvalue weighted by Gasteiger charge is -2.44. The van der Waals surface area contributed by atoms with Crippen LogP contribution in [0.3, 0.4) is 0 Å². The van der Waals surface area contributed by atoms with Crippen LogP contribution < -0.4 is 9.47 Å². The summed E-state index contributed by atoms with van der Waals surface area (Å²) >= 11 is 0. The predicted molar refractivity (Wildman–Crippen MR) is 108 cm³/mol. The number of likely N-dealkylation sites (tertiary alicyclic amines) is 2. The first-order valence-corrected chi connectivity index (χ1v) is 11.2. The molecule has 0 spiro atoms. The molecule has 3 aliphatic heterocycles. The molecule has 0 N–H and O–H groups in total. The number of fused-ring (bicyclic) bond motifs is 2. The van der Waals surface area contributed by atoms with Crippen molar-refractivity contribution in [1.82, 2.24) is 9.80 Å². The van der Waals surface area contributed by atoms with Gasteiger partial charge in [-0.25, -0.2) is 0 Å². The Morgan fingerprint density at radius 3 is 2.64 bits per heavy atom. The van der Waals surface area contributed by atoms with Gasteiger partial charge in [0.05, 0.1) is 6.54 Å². The van der Waals surface area contributed by atoms with Gasteiger partial charge < -0.3 is 14.4 Å². The largest absolute Gasteiger partial charge is 0.486 e. The summed E-state index contributed by atoms with van der Waals surface area (Å²) in [5, 5.41) is 0. The molecule has 28 heavy (non-hydrogen) atoms. The molecule has 0 bridgehead atoms. The zero-order valence-corrected chi connectivity index (χ0v) is 16.8. The lowest BCUT2D eigenvalue weighted by atomic mass is 9.78. The Morgan fingerprint density at radius 1 is 0.929 bits per heavy atom. The van der Waals surface area contributed by atoms with Crippen molar-refractivity contribution in [2.24, 2.45) is 5.92 Å². The lowest BCUT2D eigenvalue weighted by Crippen LogP contribution is -2.52. The smallest absolute Gasteiger partial charge is 0.237 e. The van der Waals surface area contributed by atoms with E-state index in [9.17, 15) is 4.79 Å². The highest BCUT2D eigenvalue weighted by atomic mass is 16.6. The lowest BCUT2D eigenvalue weighted by molar-refractivity contribution is -0.139. The van der Waals surface area contributed by atoms with Gasteiger partial charge in [-0.1, -0.05) is 18.9 Å². The summed E-state index contributed by atoms with van der Waals surface area (Å²) in [6, 6.07) is 7.12. The zero-order chi connectivity index (χ0) is 18.9. The fraction of sp³-hybridized carbons (Fsp3) is 0.696. The van der Waals surface area contributed by atoms with Crippen LogP contribution in [0.4, 0.5) is 0 Å². The Bertz CT molecular complexity index is 720. The van der Waals surface area contributed by atoms with Crippen molar-refractivity contribution in [3.05, 3.63) is 23.8 Å². The second-order valence-electron chi connectivity index (χ2n) is 8.87. The molecule has 3 fully saturated rings. The molecule has 2 saturated heterocycles. The normalized spacial score (nSPS) is 30.1. The number of piperidine rings is 1. The Kier molecular flexibility index (Phi) is 5.19. The highest BCUT2D eigenvalue weighted by molar-refractivity contribution is 5.79. The summed E-state index contributed by atoms with van der Waals surface area (Å²) in [6.45, 7) is 3.76. The molecule has 1 aromatic carbocycles. The third-order valence-corrected chi connectivity index (χ3v) is 7.22. The fourth-order valence-electron chi connectivity index (χ4n) is 5.86. The van der Waals surface area contributed by atoms with Gasteiger partial charge in [0.15, 0.2) is 11.5 Å². The number of carbonyl (C=O) groups excluding carboxylic acids is 1. The van der Waals surface area contributed by atoms with Gasteiger partial charge in [0.1, 0.15) is 13.2 Å². The van der Waals surface area contributed by atoms with E-state index in [1.54, 1.807) is 0 Å². The van der Waals surface area contributed by atoms with Crippen LogP contribution in [0.15, 0.2) is 18.2 Å². The number of ether oxygens (including phenoxy) is 2. The van der Waals surface area contributed by atoms with Gasteiger partial charge in [0.2, 0.25) is 5.91 Å². The first kappa shape index (κ1) is 18.3. The molecule has 3 atom stereocenters. The van der Waals surface area contributed by atoms with Crippen molar-refractivity contribution in [3.63, 3.8) is 0 Å². The zero-order valence-electron chi connectivity index (χ0n) is 16.8. The van der Waals surface area contributed by atoms with E-state index in [1.165, 1.54) is 44.1 Å². The maximum atomic E-state index is 13.3. The number of carbonyl (C=O) groups is 1. The van der Waals surface area contributed by atoms with Gasteiger partial charge in [0.25, 0.3) is 0 Å². The highest BCUT2D eigenvalue weighted by Crippen LogP contribution is 2.39. The topological polar surface area (TPSA) is 42.0 Å². The molecule has 1 saturated carbocycles. The molecule has 4 aliphatic rings. The summed E-state index contributed by atoms with van der Waals surface area (Å²) in [6.07, 6.45) is 9.92. The molecular weight excluding hydrogens is 352 g/mol. The van der Waals surface area contributed by atoms with Crippen molar-refractivity contribution in [2.45, 2.75) is 63.5 Å². The number of benzene rings is 1. The summed E-state index contributed by atoms with van der Waals surface area (Å²) in [5.41, 5.74) is 1.25. The van der Waals surface area contributed by atoms with Crippen molar-refractivity contribution < 1.29 is 14.3 Å². The Balaban J connectivity index is 1.28. The molecule has 3 heterocycles. The van der Waals surface area contributed by atoms with Crippen molar-refractivity contribution in [2.75, 3.05) is 32.8 Å². The minimum atomic E-state index is 0.312. The molecule has 152 valence electrons. The van der Waals surface area contributed by atoms with Gasteiger partial charge >= 0.3 is 0 Å². The van der Waals surface area contributed by atoms with Crippen molar-refractivity contribution >= 4 is 5.91 Å². The number of rotatable bonds is 3. The quantitative estimate of drug-likeness (QED) is 0.795. The molecule has 5 heteroatoms. The number of nitrogens with zero attached hydrogens (tertiary/aromatic N) is 2. The maximum Gasteiger partial charge on any atom is 0.237 e. The van der Waals surface area contributed by atoms with Crippen LogP contribution in [0.2, 0.25) is 0 Å². The van der Waals surface area contributed by atoms with Crippen LogP contribution >= 0.6 is 0 Å². The van der Waals surface area contributed by atoms with E-state index in [0.29, 0.717) is 37.7 Å². The van der Waals surface area contributed by atoms with Crippen LogP contribution in [0.5, 0.6) is 11.5 Å². The molecular formula is C23H32N2O3. The van der Waals surface area contributed by atoms with Crippen LogP contribution in [-0.4, -0.2) is 54.6 Å². The van der Waals surface area contributed by atoms with Gasteiger partial charge in [-0.15, -0.1) is 0 Å². The molecule has 0 unspecified atom stereocenters. The first-order valence-electron chi connectivity index (χ1n) is 11.2. The predicted octanol–water partition coefficient (Wildman–Crippen LogP) is 3.78. The Labute approximate surface area is 168 Å². The van der Waals surface area contributed by atoms with Crippen molar-refractivity contribution in [3.8, 4) is 11.5 Å². The number of amides is 1. The van der Waals surface area contributed by atoms with E-state index in [-0.39, 0.29) is 0 Å². The first-order chi connectivity index (χ1) is 13.8. The van der Waals surface area contributed by atoms with Crippen LogP contribution in [0, 0.1) is 5.92 Å². The van der Waals surface area contributed by atoms with Gasteiger partial charge in [0, 0.05) is 18.6 Å². The number of hydrogen-bond acceptors (Lipinski definition) is 4. The molecule has 5 nitrogen and oxygen atoms in total. The summed E-state index contributed by atoms with van der Waals surface area (Å²) in [4.78, 5) is 17.9. The SMILES string of the molecule is O=C(CN1CCC[C@@H]1c1ccc2c(c1)OCCO2)N1CCC[C@@H]2CCCC[C@H]21. The second kappa shape index (κ2) is 7.94. The fourth-order valence-corrected chi connectivity index (χ4v) is 5.86. The van der Waals surface area contributed by atoms with Crippen LogP contribution in [0.25, 0.3) is 0 Å². The average molecular weight is 385 g/mol. The molecule has 0 aromatic heterocycles. The summed E-state index contributed by atoms with van der Waals surface area (Å²) < 4.78 is 11.4. The average Bonchev–Trinajstić information content (AvgIpc) is 3.21. The Morgan fingerprint density at radius 2 is 1.71 bits per heavy atom. The summed E-state index contributed by atoms with van der Waals surface area (Å²) in [5.74, 6) is 2.79. The van der Waals surface area contributed by atoms with E-state index in [2.05, 4.69) is 21.9 Å². The molecule has 5 rings (SSSR count). The van der Waals surface area contributed by atoms with Crippen molar-refractivity contribution in [1.29, 1.82) is 0 Å². The van der Waals surface area contributed by atoms with Gasteiger partial charge in [-0.05, 0) is 68.7 Å². The minimum absolute atomic E-state index is 0.312. The second-order valence-corrected chi connectivity index (χ2v) is 8.87. The van der Waals surface area contributed by atoms with E-state index in [4.69, 9.17) is 9.47 Å². The van der Waals surface area contributed by atoms with E-state index < -0.39 is 0 Å². The van der Waals surface area contributed by atoms with E-state index in [0.717, 1.165) is 43.3 Å².